The second kappa shape index (κ2) is 9.64. The van der Waals surface area contributed by atoms with Crippen LogP contribution in [0.5, 0.6) is 5.75 Å². The molecule has 1 aromatic rings. The van der Waals surface area contributed by atoms with Crippen molar-refractivity contribution in [1.29, 1.82) is 5.26 Å². The number of amides is 2. The van der Waals surface area contributed by atoms with Crippen LogP contribution in [0.1, 0.15) is 51.4 Å². The molecule has 0 bridgehead atoms. The van der Waals surface area contributed by atoms with E-state index < -0.39 is 11.6 Å². The fourth-order valence-electron chi connectivity index (χ4n) is 4.29. The van der Waals surface area contributed by atoms with Gasteiger partial charge in [0, 0.05) is 32.4 Å². The zero-order valence-corrected chi connectivity index (χ0v) is 16.7. The van der Waals surface area contributed by atoms with Gasteiger partial charge in [-0.15, -0.1) is 0 Å². The molecule has 7 nitrogen and oxygen atoms in total. The maximum Gasteiger partial charge on any atom is 0.410 e. The van der Waals surface area contributed by atoms with Gasteiger partial charge in [-0.1, -0.05) is 44.2 Å². The zero-order valence-electron chi connectivity index (χ0n) is 16.7. The summed E-state index contributed by atoms with van der Waals surface area (Å²) in [5.74, 6) is 0.841. The predicted molar refractivity (Wildman–Crippen MR) is 110 cm³/mol. The summed E-state index contributed by atoms with van der Waals surface area (Å²) >= 11 is 0. The maximum absolute atomic E-state index is 12.4. The molecule has 0 unspecified atom stereocenters. The van der Waals surface area contributed by atoms with Crippen molar-refractivity contribution >= 4 is 17.7 Å². The lowest BCUT2D eigenvalue weighted by atomic mass is 9.85. The van der Waals surface area contributed by atoms with Crippen LogP contribution in [0.15, 0.2) is 24.3 Å². The molecule has 29 heavy (non-hydrogen) atoms. The molecular weight excluding hydrogens is 368 g/mol. The number of benzene rings is 1. The Bertz CT molecular complexity index is 760. The normalized spacial score (nSPS) is 19.2. The van der Waals surface area contributed by atoms with Gasteiger partial charge >= 0.3 is 6.09 Å². The molecule has 2 aliphatic rings. The monoisotopic (exact) mass is 397 g/mol. The molecule has 1 aromatic carbocycles. The molecule has 0 atom stereocenters. The van der Waals surface area contributed by atoms with Crippen LogP contribution in [0.2, 0.25) is 0 Å². The van der Waals surface area contributed by atoms with Gasteiger partial charge < -0.3 is 20.7 Å². The van der Waals surface area contributed by atoms with Gasteiger partial charge in [0.1, 0.15) is 5.54 Å². The molecule has 3 N–H and O–H groups in total. The Morgan fingerprint density at radius 2 is 1.93 bits per heavy atom. The standard InChI is InChI=1S/C22H29N4O3/c23-16-22(25-20(27)11-10-17-6-2-1-3-7-17)12-14-26(15-13-22)18-8-4-5-9-19(18)29-21(24)28/h4-5,8-9,11,17H,1-3,6-7,10,12-15H2,(H2,24,28)(H,25,27). The highest BCUT2D eigenvalue weighted by molar-refractivity contribution is 5.85. The van der Waals surface area contributed by atoms with Gasteiger partial charge in [-0.05, 0) is 24.5 Å². The molecule has 1 aliphatic carbocycles. The summed E-state index contributed by atoms with van der Waals surface area (Å²) in [5, 5.41) is 12.7. The quantitative estimate of drug-likeness (QED) is 0.766. The van der Waals surface area contributed by atoms with E-state index >= 15 is 0 Å². The summed E-state index contributed by atoms with van der Waals surface area (Å²) < 4.78 is 5.09. The van der Waals surface area contributed by atoms with E-state index in [9.17, 15) is 14.9 Å². The average molecular weight is 397 g/mol. The highest BCUT2D eigenvalue weighted by Gasteiger charge is 2.37. The van der Waals surface area contributed by atoms with E-state index in [1.165, 1.54) is 32.1 Å². The molecule has 2 fully saturated rings. The van der Waals surface area contributed by atoms with E-state index in [1.54, 1.807) is 18.6 Å². The molecule has 1 saturated carbocycles. The van der Waals surface area contributed by atoms with Crippen molar-refractivity contribution in [3.8, 4) is 11.8 Å². The van der Waals surface area contributed by atoms with Gasteiger partial charge in [0.25, 0.3) is 0 Å². The van der Waals surface area contributed by atoms with E-state index in [4.69, 9.17) is 10.5 Å². The van der Waals surface area contributed by atoms with Crippen molar-refractivity contribution in [2.24, 2.45) is 11.7 Å². The molecule has 1 aliphatic heterocycles. The summed E-state index contributed by atoms with van der Waals surface area (Å²) in [6.45, 7) is 1.13. The molecule has 1 radical (unpaired) electrons. The molecular formula is C22H29N4O3. The summed E-state index contributed by atoms with van der Waals surface area (Å²) in [6, 6.07) is 9.50. The molecule has 155 valence electrons. The van der Waals surface area contributed by atoms with Crippen molar-refractivity contribution in [2.45, 2.75) is 56.9 Å². The van der Waals surface area contributed by atoms with E-state index in [-0.39, 0.29) is 5.91 Å². The van der Waals surface area contributed by atoms with Crippen LogP contribution >= 0.6 is 0 Å². The smallest absolute Gasteiger partial charge is 0.408 e. The van der Waals surface area contributed by atoms with Gasteiger partial charge in [0.05, 0.1) is 11.8 Å². The topological polar surface area (TPSA) is 108 Å². The minimum atomic E-state index is -0.865. The van der Waals surface area contributed by atoms with Gasteiger partial charge in [-0.25, -0.2) is 4.79 Å². The number of nitriles is 1. The lowest BCUT2D eigenvalue weighted by molar-refractivity contribution is -0.119. The number of nitrogens with zero attached hydrogens (tertiary/aromatic N) is 2. The van der Waals surface area contributed by atoms with Crippen LogP contribution in [-0.2, 0) is 4.79 Å². The number of carbonyl (C=O) groups excluding carboxylic acids is 2. The number of nitrogens with two attached hydrogens (primary N) is 1. The van der Waals surface area contributed by atoms with Crippen molar-refractivity contribution in [3.05, 3.63) is 30.7 Å². The van der Waals surface area contributed by atoms with Crippen LogP contribution in [-0.4, -0.2) is 30.6 Å². The van der Waals surface area contributed by atoms with Crippen LogP contribution in [0.25, 0.3) is 0 Å². The lowest BCUT2D eigenvalue weighted by Gasteiger charge is -2.39. The van der Waals surface area contributed by atoms with Crippen molar-refractivity contribution < 1.29 is 14.3 Å². The average Bonchev–Trinajstić information content (AvgIpc) is 2.74. The van der Waals surface area contributed by atoms with Crippen LogP contribution in [0.4, 0.5) is 10.5 Å². The van der Waals surface area contributed by atoms with Crippen LogP contribution in [0, 0.1) is 23.7 Å². The Kier molecular flexibility index (Phi) is 6.97. The number of carbonyl (C=O) groups is 2. The fourth-order valence-corrected chi connectivity index (χ4v) is 4.29. The second-order valence-corrected chi connectivity index (χ2v) is 8.00. The number of piperidine rings is 1. The third-order valence-corrected chi connectivity index (χ3v) is 5.97. The van der Waals surface area contributed by atoms with Gasteiger partial charge in [0.15, 0.2) is 5.75 Å². The van der Waals surface area contributed by atoms with E-state index in [0.717, 1.165) is 12.1 Å². The Morgan fingerprint density at radius 1 is 1.24 bits per heavy atom. The molecule has 1 heterocycles. The summed E-state index contributed by atoms with van der Waals surface area (Å²) in [7, 11) is 0. The molecule has 2 amide bonds. The Morgan fingerprint density at radius 3 is 2.59 bits per heavy atom. The first kappa shape index (κ1) is 21.0. The first-order valence-corrected chi connectivity index (χ1v) is 10.4. The molecule has 1 saturated heterocycles. The number of hydrogen-bond donors (Lipinski definition) is 2. The molecule has 7 heteroatoms. The molecule has 0 aromatic heterocycles. The predicted octanol–water partition coefficient (Wildman–Crippen LogP) is 3.30. The number of hydrogen-bond acceptors (Lipinski definition) is 5. The van der Waals surface area contributed by atoms with Crippen LogP contribution in [0.3, 0.4) is 0 Å². The second-order valence-electron chi connectivity index (χ2n) is 8.00. The zero-order chi connectivity index (χ0) is 20.7. The summed E-state index contributed by atoms with van der Waals surface area (Å²) in [6.07, 6.45) is 8.82. The van der Waals surface area contributed by atoms with Crippen molar-refractivity contribution in [1.82, 2.24) is 5.32 Å². The number of primary amides is 1. The fraction of sp³-hybridized carbons (Fsp3) is 0.545. The van der Waals surface area contributed by atoms with Gasteiger partial charge in [0.2, 0.25) is 5.91 Å². The number of ether oxygens (including phenoxy) is 1. The van der Waals surface area contributed by atoms with E-state index in [2.05, 4.69) is 11.4 Å². The number of anilines is 1. The lowest BCUT2D eigenvalue weighted by Crippen LogP contribution is -2.54. The minimum absolute atomic E-state index is 0.150. The largest absolute Gasteiger partial charge is 0.410 e. The number of rotatable bonds is 6. The maximum atomic E-state index is 12.4. The van der Waals surface area contributed by atoms with Gasteiger partial charge in [-0.2, -0.15) is 5.26 Å². The number of nitrogens with one attached hydrogen (secondary N) is 1. The van der Waals surface area contributed by atoms with Crippen LogP contribution < -0.4 is 20.7 Å². The van der Waals surface area contributed by atoms with E-state index in [1.807, 2.05) is 17.0 Å². The van der Waals surface area contributed by atoms with Crippen molar-refractivity contribution in [3.63, 3.8) is 0 Å². The SMILES string of the molecule is N#CC1(NC(=O)[CH]CC2CCCCC2)CCN(c2ccccc2OC(N)=O)CC1. The summed E-state index contributed by atoms with van der Waals surface area (Å²) in [5.41, 5.74) is 5.04. The minimum Gasteiger partial charge on any atom is -0.408 e. The van der Waals surface area contributed by atoms with Crippen molar-refractivity contribution in [2.75, 3.05) is 18.0 Å². The first-order chi connectivity index (χ1) is 14.0. The number of para-hydroxylation sites is 2. The molecule has 3 rings (SSSR count). The highest BCUT2D eigenvalue weighted by atomic mass is 16.5. The Labute approximate surface area is 172 Å². The molecule has 0 spiro atoms. The van der Waals surface area contributed by atoms with E-state index in [0.29, 0.717) is 37.6 Å². The Balaban J connectivity index is 1.55. The summed E-state index contributed by atoms with van der Waals surface area (Å²) in [4.78, 5) is 25.6. The third-order valence-electron chi connectivity index (χ3n) is 5.97. The third kappa shape index (κ3) is 5.63. The van der Waals surface area contributed by atoms with Gasteiger partial charge in [-0.3, -0.25) is 4.79 Å². The first-order valence-electron chi connectivity index (χ1n) is 10.4. The Hall–Kier alpha value is -2.75. The highest BCUT2D eigenvalue weighted by Crippen LogP contribution is 2.33.